The molecule has 0 N–H and O–H groups in total. The second-order valence-electron chi connectivity index (χ2n) is 1.09. The van der Waals surface area contributed by atoms with E-state index >= 15 is 0 Å². The topological polar surface area (TPSA) is 9.23 Å². The van der Waals surface area contributed by atoms with Gasteiger partial charge in [-0.15, -0.1) is 0 Å². The van der Waals surface area contributed by atoms with Crippen LogP contribution < -0.4 is 0 Å². The third-order valence-electron chi connectivity index (χ3n) is 0.531. The Morgan fingerprint density at radius 3 is 3.14 bits per heavy atom. The number of ether oxygens (including phenoxy) is 1. The summed E-state index contributed by atoms with van der Waals surface area (Å²) in [4.78, 5) is 0. The van der Waals surface area contributed by atoms with E-state index < -0.39 is 0 Å². The first kappa shape index (κ1) is 4.01. The zero-order valence-electron chi connectivity index (χ0n) is 3.77. The molecule has 0 fully saturated rings. The van der Waals surface area contributed by atoms with E-state index in [4.69, 9.17) is 4.74 Å². The Morgan fingerprint density at radius 1 is 2.00 bits per heavy atom. The normalized spacial score (nSPS) is 11.7. The van der Waals surface area contributed by atoms with Crippen LogP contribution in [0, 0.1) is 0 Å². The quantitative estimate of drug-likeness (QED) is 0.369. The molecule has 1 heteroatoms. The second-order valence-corrected chi connectivity index (χ2v) is 1.09. The fourth-order valence-electron chi connectivity index (χ4n) is 0.203. The molecule has 0 aliphatic heterocycles. The minimum atomic E-state index is 0.774. The summed E-state index contributed by atoms with van der Waals surface area (Å²) in [6, 6.07) is 0. The van der Waals surface area contributed by atoms with Gasteiger partial charge in [0.05, 0.1) is 0 Å². The van der Waals surface area contributed by atoms with E-state index in [9.17, 15) is 0 Å². The molecule has 0 amide bonds. The van der Waals surface area contributed by atoms with E-state index in [0.717, 1.165) is 5.76 Å². The predicted octanol–water partition coefficient (Wildman–Crippen LogP) is 1.35. The summed E-state index contributed by atoms with van der Waals surface area (Å²) in [7, 11) is 0. The Morgan fingerprint density at radius 2 is 2.71 bits per heavy atom. The van der Waals surface area contributed by atoms with Gasteiger partial charge in [-0.3, -0.25) is 0 Å². The van der Waals surface area contributed by atoms with Gasteiger partial charge in [0, 0.05) is 6.08 Å². The lowest BCUT2D eigenvalue weighted by atomic mass is 10.8. The van der Waals surface area contributed by atoms with E-state index in [0.29, 0.717) is 0 Å². The monoisotopic (exact) mass is 92.0 g/mol. The van der Waals surface area contributed by atoms with Gasteiger partial charge in [-0.25, -0.2) is 0 Å². The van der Waals surface area contributed by atoms with Crippen LogP contribution >= 0.6 is 0 Å². The molecule has 0 spiro atoms. The Kier molecular flexibility index (Phi) is 0.874. The molecule has 1 aliphatic carbocycles. The Labute approximate surface area is 41.9 Å². The molecule has 0 aromatic heterocycles. The highest BCUT2D eigenvalue weighted by atomic mass is 16.5. The molecule has 0 saturated heterocycles. The Bertz CT molecular complexity index is 160. The lowest BCUT2D eigenvalue weighted by molar-refractivity contribution is 0.382. The van der Waals surface area contributed by atoms with Gasteiger partial charge in [0.15, 0.2) is 5.76 Å². The van der Waals surface area contributed by atoms with Crippen molar-refractivity contribution >= 4 is 0 Å². The van der Waals surface area contributed by atoms with Crippen LogP contribution in [0.15, 0.2) is 36.1 Å². The number of rotatable bonds is 2. The molecule has 0 radical (unpaired) electrons. The fourth-order valence-corrected chi connectivity index (χ4v) is 0.203. The van der Waals surface area contributed by atoms with Gasteiger partial charge in [0.25, 0.3) is 0 Å². The van der Waals surface area contributed by atoms with Crippen molar-refractivity contribution < 1.29 is 4.74 Å². The van der Waals surface area contributed by atoms with Gasteiger partial charge < -0.3 is 4.74 Å². The first-order chi connectivity index (χ1) is 3.43. The van der Waals surface area contributed by atoms with Crippen LogP contribution in [0.2, 0.25) is 0 Å². The molecule has 0 unspecified atom stereocenters. The number of hydrogen-bond acceptors (Lipinski definition) is 1. The fraction of sp³-hybridized carbons (Fsp3) is 0. The average Bonchev–Trinajstić information content (AvgIpc) is 2.42. The summed E-state index contributed by atoms with van der Waals surface area (Å²) >= 11 is 0. The molecule has 0 heterocycles. The highest BCUT2D eigenvalue weighted by molar-refractivity contribution is 5.25. The van der Waals surface area contributed by atoms with E-state index in [-0.39, 0.29) is 0 Å². The molecule has 1 rings (SSSR count). The maximum Gasteiger partial charge on any atom is 0.177 e. The van der Waals surface area contributed by atoms with E-state index in [1.165, 1.54) is 6.26 Å². The zero-order chi connectivity index (χ0) is 5.11. The van der Waals surface area contributed by atoms with Crippen LogP contribution in [0.25, 0.3) is 0 Å². The molecule has 0 aromatic carbocycles. The van der Waals surface area contributed by atoms with Crippen molar-refractivity contribution in [2.24, 2.45) is 0 Å². The molecule has 1 aliphatic rings. The minimum Gasteiger partial charge on any atom is -0.448 e. The molecule has 34 valence electrons. The summed E-state index contributed by atoms with van der Waals surface area (Å²) in [6.45, 7) is 3.30. The second kappa shape index (κ2) is 1.53. The third kappa shape index (κ3) is 1.14. The zero-order valence-corrected chi connectivity index (χ0v) is 3.77. The van der Waals surface area contributed by atoms with Crippen LogP contribution in [0.5, 0.6) is 0 Å². The van der Waals surface area contributed by atoms with E-state index in [1.807, 2.05) is 0 Å². The first-order valence-corrected chi connectivity index (χ1v) is 1.91. The average molecular weight is 92.1 g/mol. The Balaban J connectivity index is 2.24. The smallest absolute Gasteiger partial charge is 0.177 e. The maximum absolute atomic E-state index is 4.75. The van der Waals surface area contributed by atoms with Gasteiger partial charge in [-0.1, -0.05) is 18.0 Å². The largest absolute Gasteiger partial charge is 0.448 e. The lowest BCUT2D eigenvalue weighted by Crippen LogP contribution is -1.62. The summed E-state index contributed by atoms with van der Waals surface area (Å²) in [5, 5.41) is 0. The molecular weight excluding hydrogens is 88.1 g/mol. The van der Waals surface area contributed by atoms with Gasteiger partial charge in [0.1, 0.15) is 6.26 Å². The van der Waals surface area contributed by atoms with Gasteiger partial charge in [-0.05, 0) is 0 Å². The summed E-state index contributed by atoms with van der Waals surface area (Å²) in [5.41, 5.74) is 5.20. The van der Waals surface area contributed by atoms with Crippen LogP contribution in [0.4, 0.5) is 0 Å². The molecule has 7 heavy (non-hydrogen) atoms. The summed E-state index contributed by atoms with van der Waals surface area (Å²) in [6.07, 6.45) is 3.14. The minimum absolute atomic E-state index is 0.774. The van der Waals surface area contributed by atoms with Crippen LogP contribution in [-0.2, 0) is 4.74 Å². The molecule has 1 nitrogen and oxygen atoms in total. The Hall–Kier alpha value is -1.16. The third-order valence-corrected chi connectivity index (χ3v) is 0.531. The van der Waals surface area contributed by atoms with Gasteiger partial charge in [-0.2, -0.15) is 0 Å². The van der Waals surface area contributed by atoms with Crippen molar-refractivity contribution in [3.8, 4) is 0 Å². The molecule has 0 atom stereocenters. The van der Waals surface area contributed by atoms with Crippen LogP contribution in [-0.4, -0.2) is 0 Å². The maximum atomic E-state index is 4.75. The van der Waals surface area contributed by atoms with Crippen molar-refractivity contribution in [2.45, 2.75) is 0 Å². The molecular formula is C6H4O. The standard InChI is InChI=1S/C6H4O/c1-2-5-7-6-3-4-6/h3,5H,1H2. The first-order valence-electron chi connectivity index (χ1n) is 1.91. The van der Waals surface area contributed by atoms with Crippen molar-refractivity contribution in [3.05, 3.63) is 36.1 Å². The molecule has 0 bridgehead atoms. The van der Waals surface area contributed by atoms with E-state index in [1.54, 1.807) is 6.08 Å². The van der Waals surface area contributed by atoms with Gasteiger partial charge in [0.2, 0.25) is 0 Å². The SMILES string of the molecule is C=C=COC1=C=C1. The summed E-state index contributed by atoms with van der Waals surface area (Å²) < 4.78 is 4.75. The van der Waals surface area contributed by atoms with Crippen molar-refractivity contribution in [2.75, 3.05) is 0 Å². The van der Waals surface area contributed by atoms with Crippen molar-refractivity contribution in [1.82, 2.24) is 0 Å². The van der Waals surface area contributed by atoms with Crippen molar-refractivity contribution in [3.63, 3.8) is 0 Å². The lowest BCUT2D eigenvalue weighted by Gasteiger charge is -1.81. The molecule has 0 saturated carbocycles. The van der Waals surface area contributed by atoms with Crippen LogP contribution in [0.1, 0.15) is 0 Å². The number of hydrogen-bond donors (Lipinski definition) is 0. The molecule has 0 aromatic rings. The highest BCUT2D eigenvalue weighted by Crippen LogP contribution is 2.06. The van der Waals surface area contributed by atoms with Gasteiger partial charge >= 0.3 is 0 Å². The van der Waals surface area contributed by atoms with E-state index in [2.05, 4.69) is 18.0 Å². The van der Waals surface area contributed by atoms with Crippen molar-refractivity contribution in [1.29, 1.82) is 0 Å². The highest BCUT2D eigenvalue weighted by Gasteiger charge is 1.94. The summed E-state index contributed by atoms with van der Waals surface area (Å²) in [5.74, 6) is 0.774. The predicted molar refractivity (Wildman–Crippen MR) is 26.4 cm³/mol. The van der Waals surface area contributed by atoms with Crippen LogP contribution in [0.3, 0.4) is 0 Å².